The Morgan fingerprint density at radius 1 is 1.04 bits per heavy atom. The molecule has 128 valence electrons. The maximum Gasteiger partial charge on any atom is 0.142 e. The first-order valence-electron chi connectivity index (χ1n) is 8.88. The van der Waals surface area contributed by atoms with Crippen molar-refractivity contribution in [2.45, 2.75) is 13.5 Å². The lowest BCUT2D eigenvalue weighted by Crippen LogP contribution is -2.44. The first kappa shape index (κ1) is 16.6. The van der Waals surface area contributed by atoms with E-state index in [9.17, 15) is 0 Å². The van der Waals surface area contributed by atoms with E-state index in [1.807, 2.05) is 0 Å². The van der Waals surface area contributed by atoms with Crippen molar-refractivity contribution in [1.29, 1.82) is 0 Å². The van der Waals surface area contributed by atoms with E-state index in [0.717, 1.165) is 71.3 Å². The lowest BCUT2D eigenvalue weighted by Gasteiger charge is -2.33. The third-order valence-electron chi connectivity index (χ3n) is 4.78. The second kappa shape index (κ2) is 7.99. The third kappa shape index (κ3) is 4.37. The number of nitrogens with zero attached hydrogens (tertiary/aromatic N) is 3. The monoisotopic (exact) mass is 318 g/mol. The molecule has 0 unspecified atom stereocenters. The van der Waals surface area contributed by atoms with Crippen molar-refractivity contribution in [2.24, 2.45) is 0 Å². The molecule has 2 aliphatic heterocycles. The van der Waals surface area contributed by atoms with Gasteiger partial charge in [0.1, 0.15) is 5.75 Å². The van der Waals surface area contributed by atoms with Gasteiger partial charge in [-0.2, -0.15) is 0 Å². The van der Waals surface area contributed by atoms with Gasteiger partial charge in [-0.25, -0.2) is 0 Å². The smallest absolute Gasteiger partial charge is 0.142 e. The largest absolute Gasteiger partial charge is 0.492 e. The van der Waals surface area contributed by atoms with Crippen LogP contribution in [0.1, 0.15) is 12.5 Å². The number of piperazine rings is 2. The van der Waals surface area contributed by atoms with Crippen LogP contribution in [0.2, 0.25) is 0 Å². The summed E-state index contributed by atoms with van der Waals surface area (Å²) in [5.41, 5.74) is 2.60. The second-order valence-corrected chi connectivity index (χ2v) is 6.55. The standard InChI is InChI=1S/C18H30N4O/c1-3-23-18-14-16(15-21-12-10-20(2)11-13-21)4-5-17(18)22-8-6-19-7-9-22/h4-5,14,19H,3,6-13,15H2,1-2H3. The highest BCUT2D eigenvalue weighted by Gasteiger charge is 2.17. The average molecular weight is 318 g/mol. The fraction of sp³-hybridized carbons (Fsp3) is 0.667. The highest BCUT2D eigenvalue weighted by atomic mass is 16.5. The summed E-state index contributed by atoms with van der Waals surface area (Å²) in [5.74, 6) is 1.04. The maximum atomic E-state index is 5.95. The Hall–Kier alpha value is -1.30. The zero-order chi connectivity index (χ0) is 16.1. The predicted octanol–water partition coefficient (Wildman–Crippen LogP) is 1.24. The molecule has 0 spiro atoms. The van der Waals surface area contributed by atoms with Crippen molar-refractivity contribution in [3.8, 4) is 5.75 Å². The Morgan fingerprint density at radius 3 is 2.48 bits per heavy atom. The minimum atomic E-state index is 0.719. The van der Waals surface area contributed by atoms with Crippen molar-refractivity contribution >= 4 is 5.69 Å². The summed E-state index contributed by atoms with van der Waals surface area (Å²) in [6.07, 6.45) is 0. The van der Waals surface area contributed by atoms with Crippen molar-refractivity contribution in [1.82, 2.24) is 15.1 Å². The van der Waals surface area contributed by atoms with E-state index in [0.29, 0.717) is 0 Å². The molecule has 0 bridgehead atoms. The number of anilines is 1. The second-order valence-electron chi connectivity index (χ2n) is 6.55. The van der Waals surface area contributed by atoms with E-state index in [1.54, 1.807) is 0 Å². The highest BCUT2D eigenvalue weighted by molar-refractivity contribution is 5.60. The van der Waals surface area contributed by atoms with Crippen molar-refractivity contribution in [3.05, 3.63) is 23.8 Å². The number of rotatable bonds is 5. The molecule has 2 heterocycles. The molecule has 1 aromatic carbocycles. The Morgan fingerprint density at radius 2 is 1.78 bits per heavy atom. The van der Waals surface area contributed by atoms with Crippen LogP contribution in [0.5, 0.6) is 5.75 Å². The minimum Gasteiger partial charge on any atom is -0.492 e. The zero-order valence-electron chi connectivity index (χ0n) is 14.6. The molecule has 1 aromatic rings. The highest BCUT2D eigenvalue weighted by Crippen LogP contribution is 2.30. The van der Waals surface area contributed by atoms with Crippen LogP contribution in [0.3, 0.4) is 0 Å². The third-order valence-corrected chi connectivity index (χ3v) is 4.78. The molecule has 0 atom stereocenters. The molecule has 3 rings (SSSR count). The van der Waals surface area contributed by atoms with Crippen LogP contribution in [-0.2, 0) is 6.54 Å². The Kier molecular flexibility index (Phi) is 5.75. The molecule has 2 fully saturated rings. The molecule has 0 radical (unpaired) electrons. The van der Waals surface area contributed by atoms with E-state index < -0.39 is 0 Å². The number of hydrogen-bond acceptors (Lipinski definition) is 5. The van der Waals surface area contributed by atoms with Gasteiger partial charge in [-0.05, 0) is 31.7 Å². The van der Waals surface area contributed by atoms with Crippen molar-refractivity contribution < 1.29 is 4.74 Å². The summed E-state index contributed by atoms with van der Waals surface area (Å²) in [5, 5.41) is 3.41. The van der Waals surface area contributed by atoms with E-state index in [1.165, 1.54) is 11.3 Å². The molecule has 5 heteroatoms. The van der Waals surface area contributed by atoms with Gasteiger partial charge in [0.2, 0.25) is 0 Å². The number of likely N-dealkylation sites (N-methyl/N-ethyl adjacent to an activating group) is 1. The number of ether oxygens (including phenoxy) is 1. The van der Waals surface area contributed by atoms with E-state index in [-0.39, 0.29) is 0 Å². The minimum absolute atomic E-state index is 0.719. The topological polar surface area (TPSA) is 31.0 Å². The van der Waals surface area contributed by atoms with Crippen LogP contribution in [-0.4, -0.2) is 75.8 Å². The zero-order valence-corrected chi connectivity index (χ0v) is 14.6. The summed E-state index contributed by atoms with van der Waals surface area (Å²) in [4.78, 5) is 7.37. The summed E-state index contributed by atoms with van der Waals surface area (Å²) in [6.45, 7) is 12.6. The first-order valence-corrected chi connectivity index (χ1v) is 8.88. The van der Waals surface area contributed by atoms with Gasteiger partial charge >= 0.3 is 0 Å². The maximum absolute atomic E-state index is 5.95. The van der Waals surface area contributed by atoms with Gasteiger partial charge in [-0.15, -0.1) is 0 Å². The summed E-state index contributed by atoms with van der Waals surface area (Å²) in [7, 11) is 2.20. The molecule has 0 aromatic heterocycles. The molecule has 23 heavy (non-hydrogen) atoms. The van der Waals surface area contributed by atoms with Gasteiger partial charge in [0.15, 0.2) is 0 Å². The van der Waals surface area contributed by atoms with E-state index >= 15 is 0 Å². The fourth-order valence-corrected chi connectivity index (χ4v) is 3.36. The van der Waals surface area contributed by atoms with E-state index in [2.05, 4.69) is 52.2 Å². The Labute approximate surface area is 140 Å². The molecular weight excluding hydrogens is 288 g/mol. The van der Waals surface area contributed by atoms with Gasteiger partial charge in [0.25, 0.3) is 0 Å². The predicted molar refractivity (Wildman–Crippen MR) is 95.5 cm³/mol. The molecule has 2 saturated heterocycles. The lowest BCUT2D eigenvalue weighted by molar-refractivity contribution is 0.148. The van der Waals surface area contributed by atoms with Crippen LogP contribution in [0.15, 0.2) is 18.2 Å². The number of benzene rings is 1. The van der Waals surface area contributed by atoms with Gasteiger partial charge in [-0.3, -0.25) is 4.90 Å². The van der Waals surface area contributed by atoms with Gasteiger partial charge in [-0.1, -0.05) is 6.07 Å². The van der Waals surface area contributed by atoms with Gasteiger partial charge < -0.3 is 19.9 Å². The van der Waals surface area contributed by atoms with Crippen LogP contribution < -0.4 is 15.0 Å². The van der Waals surface area contributed by atoms with Crippen LogP contribution in [0, 0.1) is 0 Å². The van der Waals surface area contributed by atoms with Crippen LogP contribution >= 0.6 is 0 Å². The summed E-state index contributed by atoms with van der Waals surface area (Å²) in [6, 6.07) is 6.78. The molecular formula is C18H30N4O. The summed E-state index contributed by atoms with van der Waals surface area (Å²) >= 11 is 0. The van der Waals surface area contributed by atoms with Crippen LogP contribution in [0.25, 0.3) is 0 Å². The Bertz CT molecular complexity index is 494. The van der Waals surface area contributed by atoms with E-state index in [4.69, 9.17) is 4.74 Å². The molecule has 1 N–H and O–H groups in total. The molecule has 0 saturated carbocycles. The van der Waals surface area contributed by atoms with Gasteiger partial charge in [0.05, 0.1) is 12.3 Å². The van der Waals surface area contributed by atoms with Crippen LogP contribution in [0.4, 0.5) is 5.69 Å². The molecule has 0 amide bonds. The first-order chi connectivity index (χ1) is 11.3. The SMILES string of the molecule is CCOc1cc(CN2CCN(C)CC2)ccc1N1CCNCC1. The summed E-state index contributed by atoms with van der Waals surface area (Å²) < 4.78 is 5.95. The lowest BCUT2D eigenvalue weighted by atomic mass is 10.1. The quantitative estimate of drug-likeness (QED) is 0.883. The normalized spacial score (nSPS) is 20.7. The number of hydrogen-bond donors (Lipinski definition) is 1. The fourth-order valence-electron chi connectivity index (χ4n) is 3.36. The van der Waals surface area contributed by atoms with Crippen molar-refractivity contribution in [2.75, 3.05) is 70.9 Å². The van der Waals surface area contributed by atoms with Gasteiger partial charge in [0, 0.05) is 58.9 Å². The molecule has 2 aliphatic rings. The van der Waals surface area contributed by atoms with Crippen molar-refractivity contribution in [3.63, 3.8) is 0 Å². The number of nitrogens with one attached hydrogen (secondary N) is 1. The average Bonchev–Trinajstić information content (AvgIpc) is 2.58. The molecule has 5 nitrogen and oxygen atoms in total. The molecule has 0 aliphatic carbocycles. The Balaban J connectivity index is 1.70.